The maximum atomic E-state index is 14.4. The fourth-order valence-electron chi connectivity index (χ4n) is 3.91. The van der Waals surface area contributed by atoms with Crippen molar-refractivity contribution in [3.63, 3.8) is 0 Å². The van der Waals surface area contributed by atoms with Crippen molar-refractivity contribution < 1.29 is 13.6 Å². The van der Waals surface area contributed by atoms with Gasteiger partial charge in [0.25, 0.3) is 5.91 Å². The SMILES string of the molecule is Cc1nc(C(C)(C)F)oc1C(=O)N1CCc2[nH]cnc2[C@H]1c1cc2cccc(Cl)n2n1. The van der Waals surface area contributed by atoms with Crippen LogP contribution in [0.5, 0.6) is 0 Å². The summed E-state index contributed by atoms with van der Waals surface area (Å²) < 4.78 is 21.5. The highest BCUT2D eigenvalue weighted by Crippen LogP contribution is 2.36. The van der Waals surface area contributed by atoms with Crippen molar-refractivity contribution in [1.29, 1.82) is 0 Å². The van der Waals surface area contributed by atoms with Crippen LogP contribution in [0.3, 0.4) is 0 Å². The number of aromatic nitrogens is 5. The van der Waals surface area contributed by atoms with E-state index < -0.39 is 11.7 Å². The first-order chi connectivity index (χ1) is 14.7. The molecule has 160 valence electrons. The lowest BCUT2D eigenvalue weighted by Crippen LogP contribution is -2.41. The highest BCUT2D eigenvalue weighted by molar-refractivity contribution is 6.29. The molecule has 31 heavy (non-hydrogen) atoms. The Bertz CT molecular complexity index is 1300. The second-order valence-electron chi connectivity index (χ2n) is 8.08. The van der Waals surface area contributed by atoms with Crippen LogP contribution in [-0.2, 0) is 12.1 Å². The van der Waals surface area contributed by atoms with Crippen molar-refractivity contribution in [3.05, 3.63) is 70.2 Å². The molecular weight excluding hydrogens is 423 g/mol. The first kappa shape index (κ1) is 19.7. The highest BCUT2D eigenvalue weighted by Gasteiger charge is 2.39. The third-order valence-corrected chi connectivity index (χ3v) is 5.71. The molecule has 1 N–H and O–H groups in total. The molecule has 0 unspecified atom stereocenters. The van der Waals surface area contributed by atoms with E-state index in [0.717, 1.165) is 11.2 Å². The van der Waals surface area contributed by atoms with Crippen LogP contribution in [0, 0.1) is 6.92 Å². The van der Waals surface area contributed by atoms with Gasteiger partial charge < -0.3 is 14.3 Å². The lowest BCUT2D eigenvalue weighted by atomic mass is 9.99. The minimum atomic E-state index is -1.79. The van der Waals surface area contributed by atoms with Crippen molar-refractivity contribution in [2.75, 3.05) is 6.54 Å². The van der Waals surface area contributed by atoms with Gasteiger partial charge in [0.05, 0.1) is 28.9 Å². The number of aromatic amines is 1. The quantitative estimate of drug-likeness (QED) is 0.484. The minimum Gasteiger partial charge on any atom is -0.432 e. The summed E-state index contributed by atoms with van der Waals surface area (Å²) >= 11 is 6.29. The van der Waals surface area contributed by atoms with E-state index >= 15 is 0 Å². The zero-order valence-corrected chi connectivity index (χ0v) is 17.9. The van der Waals surface area contributed by atoms with Gasteiger partial charge in [0.2, 0.25) is 11.7 Å². The molecule has 0 radical (unpaired) electrons. The molecule has 0 spiro atoms. The molecule has 5 rings (SSSR count). The van der Waals surface area contributed by atoms with E-state index in [0.29, 0.717) is 35.2 Å². The molecule has 0 aromatic carbocycles. The number of aryl methyl sites for hydroxylation is 1. The zero-order chi connectivity index (χ0) is 21.9. The number of halogens is 2. The second kappa shape index (κ2) is 6.91. The third kappa shape index (κ3) is 3.20. The smallest absolute Gasteiger partial charge is 0.292 e. The number of carbonyl (C=O) groups is 1. The summed E-state index contributed by atoms with van der Waals surface area (Å²) in [7, 11) is 0. The Balaban J connectivity index is 1.61. The van der Waals surface area contributed by atoms with Crippen LogP contribution in [0.4, 0.5) is 4.39 Å². The van der Waals surface area contributed by atoms with E-state index in [2.05, 4.69) is 20.1 Å². The number of pyridine rings is 1. The Hall–Kier alpha value is -3.20. The van der Waals surface area contributed by atoms with Crippen LogP contribution < -0.4 is 0 Å². The molecular formula is C21H20ClFN6O2. The molecule has 10 heteroatoms. The first-order valence-corrected chi connectivity index (χ1v) is 10.3. The van der Waals surface area contributed by atoms with Gasteiger partial charge >= 0.3 is 0 Å². The summed E-state index contributed by atoms with van der Waals surface area (Å²) in [6, 6.07) is 6.80. The van der Waals surface area contributed by atoms with Gasteiger partial charge in [-0.05, 0) is 39.0 Å². The Morgan fingerprint density at radius 2 is 2.19 bits per heavy atom. The number of imidazole rings is 1. The summed E-state index contributed by atoms with van der Waals surface area (Å²) in [6.45, 7) is 4.73. The number of alkyl halides is 1. The number of nitrogens with one attached hydrogen (secondary N) is 1. The van der Waals surface area contributed by atoms with Gasteiger partial charge in [-0.25, -0.2) is 18.9 Å². The number of hydrogen-bond donors (Lipinski definition) is 1. The fraction of sp³-hybridized carbons (Fsp3) is 0.333. The molecule has 0 aliphatic carbocycles. The molecule has 0 bridgehead atoms. The van der Waals surface area contributed by atoms with E-state index in [-0.39, 0.29) is 17.6 Å². The Morgan fingerprint density at radius 3 is 2.90 bits per heavy atom. The summed E-state index contributed by atoms with van der Waals surface area (Å²) in [5.74, 6) is -0.490. The normalized spacial score (nSPS) is 16.7. The van der Waals surface area contributed by atoms with Crippen LogP contribution >= 0.6 is 11.6 Å². The van der Waals surface area contributed by atoms with Gasteiger partial charge in [-0.3, -0.25) is 4.79 Å². The summed E-state index contributed by atoms with van der Waals surface area (Å²) in [4.78, 5) is 26.9. The summed E-state index contributed by atoms with van der Waals surface area (Å²) in [5.41, 5.74) is 1.63. The van der Waals surface area contributed by atoms with Crippen LogP contribution in [0.2, 0.25) is 5.15 Å². The van der Waals surface area contributed by atoms with E-state index in [1.165, 1.54) is 13.8 Å². The molecule has 1 amide bonds. The van der Waals surface area contributed by atoms with Gasteiger partial charge in [0.1, 0.15) is 11.2 Å². The number of hydrogen-bond acceptors (Lipinski definition) is 5. The zero-order valence-electron chi connectivity index (χ0n) is 17.2. The minimum absolute atomic E-state index is 0.0199. The molecule has 5 heterocycles. The molecule has 0 saturated carbocycles. The Kier molecular flexibility index (Phi) is 4.40. The largest absolute Gasteiger partial charge is 0.432 e. The molecule has 1 atom stereocenters. The lowest BCUT2D eigenvalue weighted by molar-refractivity contribution is 0.0642. The molecule has 0 saturated heterocycles. The molecule has 1 aliphatic heterocycles. The molecule has 0 fully saturated rings. The number of oxazole rings is 1. The maximum Gasteiger partial charge on any atom is 0.292 e. The number of fused-ring (bicyclic) bond motifs is 2. The number of H-pyrrole nitrogens is 1. The predicted octanol–water partition coefficient (Wildman–Crippen LogP) is 4.00. The summed E-state index contributed by atoms with van der Waals surface area (Å²) in [5, 5.41) is 5.10. The number of rotatable bonds is 3. The van der Waals surface area contributed by atoms with Crippen molar-refractivity contribution >= 4 is 23.0 Å². The standard InChI is InChI=1S/C21H20ClFN6O2/c1-11-18(31-20(26-11)21(2,3)23)19(30)28-8-7-13-16(25-10-24-13)17(28)14-9-12-5-4-6-15(22)29(12)27-14/h4-6,9-10,17H,7-8H2,1-3H3,(H,24,25)/t17-/m1/s1. The van der Waals surface area contributed by atoms with Crippen LogP contribution in [-0.4, -0.2) is 41.9 Å². The van der Waals surface area contributed by atoms with E-state index in [1.54, 1.807) is 28.7 Å². The topological polar surface area (TPSA) is 92.3 Å². The second-order valence-corrected chi connectivity index (χ2v) is 8.47. The number of carbonyl (C=O) groups excluding carboxylic acids is 1. The van der Waals surface area contributed by atoms with Crippen molar-refractivity contribution in [3.8, 4) is 0 Å². The van der Waals surface area contributed by atoms with Gasteiger partial charge in [0.15, 0.2) is 5.67 Å². The average molecular weight is 443 g/mol. The van der Waals surface area contributed by atoms with Gasteiger partial charge in [-0.2, -0.15) is 5.10 Å². The van der Waals surface area contributed by atoms with Gasteiger partial charge in [-0.1, -0.05) is 17.7 Å². The fourth-order valence-corrected chi connectivity index (χ4v) is 4.12. The molecule has 4 aromatic rings. The number of amides is 1. The number of nitrogens with zero attached hydrogens (tertiary/aromatic N) is 5. The maximum absolute atomic E-state index is 14.4. The van der Waals surface area contributed by atoms with Crippen LogP contribution in [0.1, 0.15) is 59.1 Å². The molecule has 4 aromatic heterocycles. The Morgan fingerprint density at radius 1 is 1.39 bits per heavy atom. The van der Waals surface area contributed by atoms with E-state index in [9.17, 15) is 9.18 Å². The first-order valence-electron chi connectivity index (χ1n) is 9.88. The van der Waals surface area contributed by atoms with Crippen LogP contribution in [0.15, 0.2) is 35.0 Å². The highest BCUT2D eigenvalue weighted by atomic mass is 35.5. The monoisotopic (exact) mass is 442 g/mol. The van der Waals surface area contributed by atoms with Crippen molar-refractivity contribution in [1.82, 2.24) is 29.5 Å². The predicted molar refractivity (Wildman–Crippen MR) is 111 cm³/mol. The van der Waals surface area contributed by atoms with Crippen molar-refractivity contribution in [2.24, 2.45) is 0 Å². The molecule has 8 nitrogen and oxygen atoms in total. The molecule has 1 aliphatic rings. The summed E-state index contributed by atoms with van der Waals surface area (Å²) in [6.07, 6.45) is 2.21. The van der Waals surface area contributed by atoms with Crippen LogP contribution in [0.25, 0.3) is 5.52 Å². The van der Waals surface area contributed by atoms with Crippen molar-refractivity contribution in [2.45, 2.75) is 38.9 Å². The lowest BCUT2D eigenvalue weighted by Gasteiger charge is -2.33. The average Bonchev–Trinajstić information content (AvgIpc) is 3.44. The van der Waals surface area contributed by atoms with E-state index in [1.807, 2.05) is 18.2 Å². The Labute approximate surface area is 182 Å². The van der Waals surface area contributed by atoms with Gasteiger partial charge in [-0.15, -0.1) is 0 Å². The van der Waals surface area contributed by atoms with Gasteiger partial charge in [0, 0.05) is 18.7 Å². The van der Waals surface area contributed by atoms with E-state index in [4.69, 9.17) is 16.0 Å². The third-order valence-electron chi connectivity index (χ3n) is 5.42.